The minimum atomic E-state index is -0.477. The second-order valence-corrected chi connectivity index (χ2v) is 7.51. The number of Topliss-reactive ketones (excluding diaryl/α,β-unsaturated/α-hetero) is 1. The normalized spacial score (nSPS) is 14.2. The van der Waals surface area contributed by atoms with Crippen molar-refractivity contribution in [2.24, 2.45) is 0 Å². The number of nitrogens with one attached hydrogen (secondary N) is 1. The minimum absolute atomic E-state index is 0.424. The highest BCUT2D eigenvalue weighted by atomic mass is 16.2. The van der Waals surface area contributed by atoms with Crippen molar-refractivity contribution < 1.29 is 9.59 Å². The average molecular weight is 415 g/mol. The molecule has 3 heterocycles. The van der Waals surface area contributed by atoms with E-state index in [1.807, 2.05) is 66.4 Å². The minimum Gasteiger partial charge on any atom is -0.358 e. The Bertz CT molecular complexity index is 1250. The first-order valence-electron chi connectivity index (χ1n) is 10.1. The quantitative estimate of drug-likeness (QED) is 0.404. The van der Waals surface area contributed by atoms with Gasteiger partial charge in [0.05, 0.1) is 11.3 Å². The van der Waals surface area contributed by atoms with E-state index in [0.29, 0.717) is 43.4 Å². The van der Waals surface area contributed by atoms with Gasteiger partial charge in [-0.25, -0.2) is 0 Å². The largest absolute Gasteiger partial charge is 0.358 e. The van der Waals surface area contributed by atoms with E-state index in [0.717, 1.165) is 16.6 Å². The summed E-state index contributed by atoms with van der Waals surface area (Å²) in [5.74, 6) is -0.329. The van der Waals surface area contributed by atoms with E-state index in [9.17, 15) is 9.59 Å². The Kier molecular flexibility index (Phi) is 4.70. The van der Waals surface area contributed by atoms with E-state index in [2.05, 4.69) is 20.5 Å². The molecule has 156 valence electrons. The number of fused-ring (bicyclic) bond motifs is 1. The second-order valence-electron chi connectivity index (χ2n) is 7.51. The van der Waals surface area contributed by atoms with Gasteiger partial charge < -0.3 is 14.8 Å². The lowest BCUT2D eigenvalue weighted by molar-refractivity contribution is -0.126. The zero-order valence-corrected chi connectivity index (χ0v) is 17.0. The number of aryl methyl sites for hydroxylation is 1. The molecule has 2 aromatic heterocycles. The molecule has 1 N–H and O–H groups in total. The predicted molar refractivity (Wildman–Crippen MR) is 115 cm³/mol. The molecule has 1 fully saturated rings. The summed E-state index contributed by atoms with van der Waals surface area (Å²) in [6, 6.07) is 17.2. The number of carbonyl (C=O) groups excluding carboxylic acids is 2. The van der Waals surface area contributed by atoms with Crippen LogP contribution >= 0.6 is 0 Å². The van der Waals surface area contributed by atoms with Crippen LogP contribution in [0.3, 0.4) is 0 Å². The fraction of sp³-hybridized carbons (Fsp3) is 0.227. The van der Waals surface area contributed by atoms with Crippen LogP contribution in [0, 0.1) is 6.92 Å². The van der Waals surface area contributed by atoms with Crippen LogP contribution in [-0.2, 0) is 4.79 Å². The van der Waals surface area contributed by atoms with Gasteiger partial charge in [-0.3, -0.25) is 9.59 Å². The van der Waals surface area contributed by atoms with Gasteiger partial charge in [0.15, 0.2) is 0 Å². The number of carbonyl (C=O) groups is 2. The van der Waals surface area contributed by atoms with Crippen molar-refractivity contribution in [2.45, 2.75) is 6.92 Å². The lowest BCUT2D eigenvalue weighted by atomic mass is 10.1. The van der Waals surface area contributed by atoms with E-state index >= 15 is 0 Å². The van der Waals surface area contributed by atoms with Gasteiger partial charge in [0.2, 0.25) is 5.95 Å². The highest BCUT2D eigenvalue weighted by molar-refractivity contribution is 6.45. The number of benzene rings is 2. The number of piperazine rings is 1. The Labute approximate surface area is 178 Å². The fourth-order valence-corrected chi connectivity index (χ4v) is 4.05. The summed E-state index contributed by atoms with van der Waals surface area (Å²) in [6.45, 7) is 3.75. The number of anilines is 1. The third-order valence-corrected chi connectivity index (χ3v) is 5.62. The molecule has 2 aromatic carbocycles. The lowest BCUT2D eigenvalue weighted by Crippen LogP contribution is -2.51. The molecule has 31 heavy (non-hydrogen) atoms. The number of tetrazole rings is 1. The van der Waals surface area contributed by atoms with E-state index < -0.39 is 11.7 Å². The SMILES string of the molecule is Cc1[nH]c2ccccc2c1C(=O)C(=O)N1CCN(c2nnnn2-c2ccccc2)CC1. The molecular weight excluding hydrogens is 394 g/mol. The maximum absolute atomic E-state index is 13.0. The Morgan fingerprint density at radius 1 is 0.935 bits per heavy atom. The standard InChI is InChI=1S/C22H21N7O2/c1-15-19(17-9-5-6-10-18(17)23-15)20(30)21(31)27-11-13-28(14-12-27)22-24-25-26-29(22)16-7-3-2-4-8-16/h2-10,23H,11-14H2,1H3. The third kappa shape index (κ3) is 3.33. The Hall–Kier alpha value is -4.01. The van der Waals surface area contributed by atoms with Gasteiger partial charge in [-0.15, -0.1) is 0 Å². The number of H-pyrrole nitrogens is 1. The van der Waals surface area contributed by atoms with Gasteiger partial charge in [0.1, 0.15) is 0 Å². The molecule has 0 aliphatic carbocycles. The van der Waals surface area contributed by atoms with Gasteiger partial charge in [-0.2, -0.15) is 4.68 Å². The molecule has 1 saturated heterocycles. The number of hydrogen-bond acceptors (Lipinski definition) is 6. The summed E-state index contributed by atoms with van der Waals surface area (Å²) < 4.78 is 1.68. The molecule has 1 aliphatic rings. The Morgan fingerprint density at radius 3 is 2.42 bits per heavy atom. The Morgan fingerprint density at radius 2 is 1.65 bits per heavy atom. The summed E-state index contributed by atoms with van der Waals surface area (Å²) in [5.41, 5.74) is 2.89. The zero-order chi connectivity index (χ0) is 21.4. The van der Waals surface area contributed by atoms with Crippen molar-refractivity contribution in [3.05, 3.63) is 65.9 Å². The fourth-order valence-electron chi connectivity index (χ4n) is 4.05. The van der Waals surface area contributed by atoms with Crippen LogP contribution in [0.1, 0.15) is 16.1 Å². The molecule has 0 unspecified atom stereocenters. The van der Waals surface area contributed by atoms with Crippen LogP contribution in [-0.4, -0.2) is 68.0 Å². The molecule has 4 aromatic rings. The number of ketones is 1. The first-order valence-corrected chi connectivity index (χ1v) is 10.1. The number of rotatable bonds is 4. The molecule has 0 spiro atoms. The van der Waals surface area contributed by atoms with Crippen molar-refractivity contribution in [3.8, 4) is 5.69 Å². The number of hydrogen-bond donors (Lipinski definition) is 1. The molecule has 0 atom stereocenters. The molecule has 1 aliphatic heterocycles. The molecule has 9 nitrogen and oxygen atoms in total. The second kappa shape index (κ2) is 7.67. The summed E-state index contributed by atoms with van der Waals surface area (Å²) in [5, 5.41) is 12.8. The van der Waals surface area contributed by atoms with Gasteiger partial charge >= 0.3 is 0 Å². The number of nitrogens with zero attached hydrogens (tertiary/aromatic N) is 6. The number of aromatic nitrogens is 5. The number of amides is 1. The first kappa shape index (κ1) is 19.0. The first-order chi connectivity index (χ1) is 15.1. The van der Waals surface area contributed by atoms with Crippen molar-refractivity contribution >= 4 is 28.5 Å². The van der Waals surface area contributed by atoms with Crippen molar-refractivity contribution in [1.29, 1.82) is 0 Å². The molecule has 1 amide bonds. The molecule has 0 radical (unpaired) electrons. The Balaban J connectivity index is 1.31. The van der Waals surface area contributed by atoms with Gasteiger partial charge in [-0.1, -0.05) is 41.5 Å². The zero-order valence-electron chi connectivity index (χ0n) is 17.0. The topological polar surface area (TPSA) is 100 Å². The van der Waals surface area contributed by atoms with Gasteiger partial charge in [0.25, 0.3) is 11.7 Å². The summed E-state index contributed by atoms with van der Waals surface area (Å²) >= 11 is 0. The smallest absolute Gasteiger partial charge is 0.295 e. The van der Waals surface area contributed by atoms with Gasteiger partial charge in [0, 0.05) is 42.8 Å². The van der Waals surface area contributed by atoms with Crippen LogP contribution < -0.4 is 4.90 Å². The van der Waals surface area contributed by atoms with Crippen LogP contribution in [0.4, 0.5) is 5.95 Å². The van der Waals surface area contributed by atoms with Crippen molar-refractivity contribution in [2.75, 3.05) is 31.1 Å². The highest BCUT2D eigenvalue weighted by Gasteiger charge is 2.30. The third-order valence-electron chi connectivity index (χ3n) is 5.62. The van der Waals surface area contributed by atoms with Crippen molar-refractivity contribution in [3.63, 3.8) is 0 Å². The molecule has 9 heteroatoms. The van der Waals surface area contributed by atoms with E-state index in [-0.39, 0.29) is 0 Å². The summed E-state index contributed by atoms with van der Waals surface area (Å²) in [6.07, 6.45) is 0. The van der Waals surface area contributed by atoms with Crippen LogP contribution in [0.15, 0.2) is 54.6 Å². The summed E-state index contributed by atoms with van der Waals surface area (Å²) in [7, 11) is 0. The van der Waals surface area contributed by atoms with Crippen molar-refractivity contribution in [1.82, 2.24) is 30.1 Å². The van der Waals surface area contributed by atoms with E-state index in [1.54, 1.807) is 9.58 Å². The van der Waals surface area contributed by atoms with E-state index in [1.165, 1.54) is 0 Å². The summed E-state index contributed by atoms with van der Waals surface area (Å²) in [4.78, 5) is 32.8. The van der Waals surface area contributed by atoms with Gasteiger partial charge in [-0.05, 0) is 35.5 Å². The number of para-hydroxylation sites is 2. The van der Waals surface area contributed by atoms with Crippen LogP contribution in [0.25, 0.3) is 16.6 Å². The van der Waals surface area contributed by atoms with Crippen LogP contribution in [0.5, 0.6) is 0 Å². The maximum atomic E-state index is 13.0. The molecule has 0 saturated carbocycles. The molecular formula is C22H21N7O2. The molecule has 0 bridgehead atoms. The predicted octanol–water partition coefficient (Wildman–Crippen LogP) is 1.98. The maximum Gasteiger partial charge on any atom is 0.295 e. The number of aromatic amines is 1. The molecule has 5 rings (SSSR count). The van der Waals surface area contributed by atoms with Crippen LogP contribution in [0.2, 0.25) is 0 Å². The van der Waals surface area contributed by atoms with E-state index in [4.69, 9.17) is 0 Å². The lowest BCUT2D eigenvalue weighted by Gasteiger charge is -2.34. The monoisotopic (exact) mass is 415 g/mol. The highest BCUT2D eigenvalue weighted by Crippen LogP contribution is 2.23. The average Bonchev–Trinajstić information content (AvgIpc) is 3.43.